The van der Waals surface area contributed by atoms with E-state index in [2.05, 4.69) is 16.4 Å². The molecule has 0 amide bonds. The van der Waals surface area contributed by atoms with Gasteiger partial charge in [-0.2, -0.15) is 0 Å². The summed E-state index contributed by atoms with van der Waals surface area (Å²) in [6.07, 6.45) is 8.66. The third kappa shape index (κ3) is 11.0. The molecular weight excluding hydrogens is 338 g/mol. The van der Waals surface area contributed by atoms with Gasteiger partial charge in [-0.05, 0) is 47.0 Å². The van der Waals surface area contributed by atoms with Gasteiger partial charge in [-0.15, -0.1) is 0 Å². The number of hydroxylamine groups is 3. The van der Waals surface area contributed by atoms with Crippen molar-refractivity contribution in [3.8, 4) is 0 Å². The van der Waals surface area contributed by atoms with E-state index >= 15 is 0 Å². The van der Waals surface area contributed by atoms with E-state index in [4.69, 9.17) is 18.0 Å². The lowest BCUT2D eigenvalue weighted by Gasteiger charge is -2.27. The maximum atomic E-state index is 5.72. The molecule has 0 radical (unpaired) electrons. The molecule has 0 atom stereocenters. The Morgan fingerprint density at radius 1 is 0.680 bits per heavy atom. The topological polar surface area (TPSA) is 73.0 Å². The number of hydrogen-bond acceptors (Lipinski definition) is 7. The van der Waals surface area contributed by atoms with Crippen LogP contribution in [0.1, 0.15) is 67.7 Å². The van der Waals surface area contributed by atoms with Crippen LogP contribution in [-0.4, -0.2) is 15.7 Å². The van der Waals surface area contributed by atoms with E-state index in [1.807, 2.05) is 66.7 Å². The first-order valence-electron chi connectivity index (χ1n) is 8.89. The normalized spacial score (nSPS) is 15.7. The van der Waals surface area contributed by atoms with Gasteiger partial charge in [-0.3, -0.25) is 16.4 Å². The highest BCUT2D eigenvalue weighted by Crippen LogP contribution is 2.11. The van der Waals surface area contributed by atoms with Crippen LogP contribution in [0, 0.1) is 0 Å². The summed E-state index contributed by atoms with van der Waals surface area (Å²) in [5.74, 6) is 0. The van der Waals surface area contributed by atoms with Gasteiger partial charge in [0.1, 0.15) is 0 Å². The lowest BCUT2D eigenvalue weighted by atomic mass is 10.4. The van der Waals surface area contributed by atoms with Crippen LogP contribution in [-0.2, 0) is 18.0 Å². The molecule has 0 spiro atoms. The second-order valence-corrected chi connectivity index (χ2v) is 7.33. The summed E-state index contributed by atoms with van der Waals surface area (Å²) >= 11 is 0. The van der Waals surface area contributed by atoms with Crippen LogP contribution in [0.5, 0.6) is 0 Å². The number of hydrogen-bond donors (Lipinski definition) is 3. The highest BCUT2D eigenvalue weighted by atomic mass is 28.4. The number of allylic oxidation sites excluding steroid dienone is 6. The summed E-state index contributed by atoms with van der Waals surface area (Å²) in [4.78, 5) is 0. The Kier molecular flexibility index (Phi) is 13.2. The van der Waals surface area contributed by atoms with Gasteiger partial charge in [-0.1, -0.05) is 39.0 Å². The van der Waals surface area contributed by atoms with Crippen LogP contribution >= 0.6 is 0 Å². The molecule has 0 saturated carbocycles. The minimum Gasteiger partial charge on any atom is -0.348 e. The van der Waals surface area contributed by atoms with Gasteiger partial charge < -0.3 is 4.43 Å². The molecule has 25 heavy (non-hydrogen) atoms. The molecule has 146 valence electrons. The van der Waals surface area contributed by atoms with Gasteiger partial charge in [0.15, 0.2) is 0 Å². The Morgan fingerprint density at radius 2 is 1.00 bits per heavy atom. The second kappa shape index (κ2) is 13.9. The SMILES string of the molecule is CCC=C(C)NO[Si](OCC)(ONC(C)=CCC)ONC(C)=CCC. The Morgan fingerprint density at radius 3 is 1.24 bits per heavy atom. The first-order valence-corrected chi connectivity index (χ1v) is 10.5. The van der Waals surface area contributed by atoms with Crippen LogP contribution in [0.4, 0.5) is 0 Å². The van der Waals surface area contributed by atoms with Crippen LogP contribution in [0.25, 0.3) is 0 Å². The molecule has 0 aliphatic carbocycles. The summed E-state index contributed by atoms with van der Waals surface area (Å²) in [6, 6.07) is 0. The van der Waals surface area contributed by atoms with Crippen molar-refractivity contribution in [1.29, 1.82) is 0 Å². The highest BCUT2D eigenvalue weighted by molar-refractivity contribution is 6.53. The van der Waals surface area contributed by atoms with Crippen LogP contribution in [0.2, 0.25) is 0 Å². The average molecular weight is 374 g/mol. The lowest BCUT2D eigenvalue weighted by Crippen LogP contribution is -2.57. The zero-order valence-electron chi connectivity index (χ0n) is 16.7. The molecule has 0 aliphatic heterocycles. The maximum absolute atomic E-state index is 5.72. The third-order valence-electron chi connectivity index (χ3n) is 2.86. The van der Waals surface area contributed by atoms with Crippen molar-refractivity contribution in [2.75, 3.05) is 6.61 Å². The number of nitrogens with one attached hydrogen (secondary N) is 3. The van der Waals surface area contributed by atoms with Crippen molar-refractivity contribution in [3.05, 3.63) is 35.3 Å². The summed E-state index contributed by atoms with van der Waals surface area (Å²) < 4.78 is 22.9. The third-order valence-corrected chi connectivity index (χ3v) is 4.56. The molecule has 7 nitrogen and oxygen atoms in total. The molecule has 0 saturated heterocycles. The van der Waals surface area contributed by atoms with Crippen LogP contribution in [0.15, 0.2) is 35.3 Å². The minimum atomic E-state index is -3.53. The van der Waals surface area contributed by atoms with Crippen molar-refractivity contribution in [2.24, 2.45) is 0 Å². The molecule has 0 fully saturated rings. The van der Waals surface area contributed by atoms with Crippen LogP contribution in [0.3, 0.4) is 0 Å². The van der Waals surface area contributed by atoms with Crippen molar-refractivity contribution in [2.45, 2.75) is 67.7 Å². The smallest absolute Gasteiger partial charge is 0.348 e. The van der Waals surface area contributed by atoms with E-state index < -0.39 is 9.05 Å². The zero-order valence-corrected chi connectivity index (χ0v) is 17.7. The fourth-order valence-corrected chi connectivity index (χ4v) is 3.31. The van der Waals surface area contributed by atoms with E-state index in [9.17, 15) is 0 Å². The molecule has 0 aromatic rings. The van der Waals surface area contributed by atoms with Crippen molar-refractivity contribution >= 4 is 9.05 Å². The molecule has 3 N–H and O–H groups in total. The fraction of sp³-hybridized carbons (Fsp3) is 0.647. The minimum absolute atomic E-state index is 0.376. The van der Waals surface area contributed by atoms with Gasteiger partial charge in [0.2, 0.25) is 0 Å². The van der Waals surface area contributed by atoms with Crippen LogP contribution < -0.4 is 16.4 Å². The Balaban J connectivity index is 5.17. The Hall–Kier alpha value is -1.32. The Labute approximate surface area is 153 Å². The monoisotopic (exact) mass is 373 g/mol. The lowest BCUT2D eigenvalue weighted by molar-refractivity contribution is -0.0898. The van der Waals surface area contributed by atoms with E-state index in [0.717, 1.165) is 36.4 Å². The largest absolute Gasteiger partial charge is 0.746 e. The molecule has 0 aromatic carbocycles. The van der Waals surface area contributed by atoms with E-state index in [-0.39, 0.29) is 0 Å². The summed E-state index contributed by atoms with van der Waals surface area (Å²) in [5.41, 5.74) is 11.1. The first-order chi connectivity index (χ1) is 11.9. The first kappa shape index (κ1) is 23.7. The maximum Gasteiger partial charge on any atom is 0.746 e. The molecule has 0 unspecified atom stereocenters. The molecule has 0 bridgehead atoms. The van der Waals surface area contributed by atoms with E-state index in [1.165, 1.54) is 0 Å². The van der Waals surface area contributed by atoms with E-state index in [0.29, 0.717) is 6.61 Å². The molecule has 0 rings (SSSR count). The summed E-state index contributed by atoms with van der Waals surface area (Å²) in [6.45, 7) is 14.1. The van der Waals surface area contributed by atoms with Gasteiger partial charge in [0, 0.05) is 23.7 Å². The average Bonchev–Trinajstić information content (AvgIpc) is 2.57. The predicted octanol–water partition coefficient (Wildman–Crippen LogP) is 3.96. The zero-order chi connectivity index (χ0) is 19.1. The van der Waals surface area contributed by atoms with Gasteiger partial charge >= 0.3 is 9.05 Å². The van der Waals surface area contributed by atoms with Crippen molar-refractivity contribution in [1.82, 2.24) is 16.4 Å². The Bertz CT molecular complexity index is 393. The quantitative estimate of drug-likeness (QED) is 0.314. The summed E-state index contributed by atoms with van der Waals surface area (Å²) in [5, 5.41) is 0. The standard InChI is InChI=1S/C17H35N3O4Si/c1-8-12-15(5)18-22-25(21-11-4,23-19-16(6)13-9-2)24-20-17(7)14-10-3/h12-14,18-20H,8-11H2,1-7H3. The molecule has 0 aliphatic rings. The molecule has 8 heteroatoms. The second-order valence-electron chi connectivity index (χ2n) is 5.43. The van der Waals surface area contributed by atoms with Crippen molar-refractivity contribution in [3.63, 3.8) is 0 Å². The van der Waals surface area contributed by atoms with E-state index in [1.54, 1.807) is 0 Å². The van der Waals surface area contributed by atoms with Gasteiger partial charge in [0.05, 0.1) is 0 Å². The molecule has 0 aromatic heterocycles. The fourth-order valence-electron chi connectivity index (χ4n) is 1.80. The van der Waals surface area contributed by atoms with Gasteiger partial charge in [0.25, 0.3) is 0 Å². The predicted molar refractivity (Wildman–Crippen MR) is 102 cm³/mol. The van der Waals surface area contributed by atoms with Crippen molar-refractivity contribution < 1.29 is 18.0 Å². The summed E-state index contributed by atoms with van der Waals surface area (Å²) in [7, 11) is -3.53. The van der Waals surface area contributed by atoms with Gasteiger partial charge in [-0.25, -0.2) is 13.6 Å². The molecule has 0 heterocycles. The molecular formula is C17H35N3O4Si. The number of rotatable bonds is 14. The highest BCUT2D eigenvalue weighted by Gasteiger charge is 2.50.